The minimum atomic E-state index is -4.52. The van der Waals surface area contributed by atoms with Gasteiger partial charge in [-0.15, -0.1) is 0 Å². The summed E-state index contributed by atoms with van der Waals surface area (Å²) in [5.41, 5.74) is -1.05. The van der Waals surface area contributed by atoms with Crippen LogP contribution in [-0.4, -0.2) is 5.97 Å². The molecule has 2 rings (SSSR count). The zero-order valence-corrected chi connectivity index (χ0v) is 9.59. The van der Waals surface area contributed by atoms with Gasteiger partial charge in [-0.3, -0.25) is 0 Å². The van der Waals surface area contributed by atoms with E-state index in [1.807, 2.05) is 0 Å². The molecule has 1 aromatic rings. The molecule has 0 bridgehead atoms. The van der Waals surface area contributed by atoms with E-state index in [-0.39, 0.29) is 11.5 Å². The third-order valence-electron chi connectivity index (χ3n) is 3.39. The third kappa shape index (κ3) is 2.49. The van der Waals surface area contributed by atoms with Gasteiger partial charge in [0.05, 0.1) is 11.5 Å². The smallest absolute Gasteiger partial charge is 0.416 e. The van der Waals surface area contributed by atoms with E-state index in [9.17, 15) is 23.1 Å². The molecule has 1 aromatic carbocycles. The molecule has 5 heteroatoms. The Morgan fingerprint density at radius 3 is 2.33 bits per heavy atom. The van der Waals surface area contributed by atoms with Gasteiger partial charge in [0, 0.05) is 0 Å². The first-order valence-electron chi connectivity index (χ1n) is 5.82. The minimum Gasteiger partial charge on any atom is -0.545 e. The van der Waals surface area contributed by atoms with Gasteiger partial charge in [-0.2, -0.15) is 13.2 Å². The predicted molar refractivity (Wildman–Crippen MR) is 57.0 cm³/mol. The Hall–Kier alpha value is -1.52. The van der Waals surface area contributed by atoms with Crippen LogP contribution in [0.15, 0.2) is 18.2 Å². The first-order valence-corrected chi connectivity index (χ1v) is 5.82. The number of carbonyl (C=O) groups is 1. The fourth-order valence-electron chi connectivity index (χ4n) is 2.52. The summed E-state index contributed by atoms with van der Waals surface area (Å²) in [6, 6.07) is 3.16. The molecule has 0 heterocycles. The first-order chi connectivity index (χ1) is 8.39. The molecular weight excluding hydrogens is 245 g/mol. The largest absolute Gasteiger partial charge is 0.545 e. The number of carboxylic acids is 1. The molecule has 0 amide bonds. The van der Waals surface area contributed by atoms with Crippen LogP contribution in [-0.2, 0) is 6.18 Å². The molecule has 1 aliphatic carbocycles. The quantitative estimate of drug-likeness (QED) is 0.817. The number of carbonyl (C=O) groups excluding carboxylic acids is 1. The monoisotopic (exact) mass is 257 g/mol. The van der Waals surface area contributed by atoms with Crippen molar-refractivity contribution in [3.8, 4) is 0 Å². The van der Waals surface area contributed by atoms with Gasteiger partial charge in [0.15, 0.2) is 0 Å². The predicted octanol–water partition coefficient (Wildman–Crippen LogP) is 2.73. The molecule has 1 aliphatic rings. The van der Waals surface area contributed by atoms with Crippen molar-refractivity contribution in [3.63, 3.8) is 0 Å². The van der Waals surface area contributed by atoms with Crippen molar-refractivity contribution in [1.29, 1.82) is 0 Å². The third-order valence-corrected chi connectivity index (χ3v) is 3.39. The SMILES string of the molecule is O=C([O-])c1ccc(C2CCCC2)c(C(F)(F)F)c1. The van der Waals surface area contributed by atoms with Crippen molar-refractivity contribution in [2.75, 3.05) is 0 Å². The first kappa shape index (κ1) is 12.9. The molecule has 18 heavy (non-hydrogen) atoms. The Balaban J connectivity index is 2.48. The number of carboxylic acid groups (broad SMARTS) is 1. The number of benzene rings is 1. The Labute approximate surface area is 102 Å². The van der Waals surface area contributed by atoms with E-state index in [0.29, 0.717) is 6.07 Å². The fraction of sp³-hybridized carbons (Fsp3) is 0.462. The highest BCUT2D eigenvalue weighted by atomic mass is 19.4. The van der Waals surface area contributed by atoms with Crippen LogP contribution in [0.5, 0.6) is 0 Å². The van der Waals surface area contributed by atoms with Crippen LogP contribution in [0.4, 0.5) is 13.2 Å². The van der Waals surface area contributed by atoms with E-state index in [2.05, 4.69) is 0 Å². The maximum atomic E-state index is 12.9. The van der Waals surface area contributed by atoms with Crippen LogP contribution in [0.3, 0.4) is 0 Å². The Kier molecular flexibility index (Phi) is 3.32. The highest BCUT2D eigenvalue weighted by Gasteiger charge is 2.36. The summed E-state index contributed by atoms with van der Waals surface area (Å²) in [7, 11) is 0. The van der Waals surface area contributed by atoms with Crippen LogP contribution in [0.2, 0.25) is 0 Å². The lowest BCUT2D eigenvalue weighted by Gasteiger charge is -2.19. The molecule has 0 unspecified atom stereocenters. The molecular formula is C13H12F3O2-. The van der Waals surface area contributed by atoms with E-state index in [1.165, 1.54) is 12.1 Å². The molecule has 1 fully saturated rings. The average molecular weight is 257 g/mol. The van der Waals surface area contributed by atoms with Gasteiger partial charge in [0.25, 0.3) is 0 Å². The van der Waals surface area contributed by atoms with Crippen LogP contribution < -0.4 is 5.11 Å². The number of rotatable bonds is 2. The number of aromatic carboxylic acids is 1. The van der Waals surface area contributed by atoms with Crippen LogP contribution in [0, 0.1) is 0 Å². The van der Waals surface area contributed by atoms with Gasteiger partial charge in [-0.05, 0) is 36.0 Å². The van der Waals surface area contributed by atoms with Gasteiger partial charge in [-0.25, -0.2) is 0 Å². The molecule has 0 aliphatic heterocycles. The molecule has 2 nitrogen and oxygen atoms in total. The number of alkyl halides is 3. The van der Waals surface area contributed by atoms with Gasteiger partial charge in [-0.1, -0.05) is 25.0 Å². The van der Waals surface area contributed by atoms with Gasteiger partial charge in [0.1, 0.15) is 0 Å². The summed E-state index contributed by atoms with van der Waals surface area (Å²) in [5, 5.41) is 10.6. The molecule has 98 valence electrons. The van der Waals surface area contributed by atoms with Gasteiger partial charge >= 0.3 is 6.18 Å². The molecule has 0 spiro atoms. The molecule has 1 saturated carbocycles. The Morgan fingerprint density at radius 1 is 1.22 bits per heavy atom. The van der Waals surface area contributed by atoms with Gasteiger partial charge in [0.2, 0.25) is 0 Å². The summed E-state index contributed by atoms with van der Waals surface area (Å²) in [4.78, 5) is 10.6. The lowest BCUT2D eigenvalue weighted by Crippen LogP contribution is -2.23. The highest BCUT2D eigenvalue weighted by Crippen LogP contribution is 2.41. The normalized spacial score (nSPS) is 17.1. The van der Waals surface area contributed by atoms with Crippen LogP contribution >= 0.6 is 0 Å². The summed E-state index contributed by atoms with van der Waals surface area (Å²) in [6.07, 6.45) is -1.22. The number of hydrogen-bond acceptors (Lipinski definition) is 2. The summed E-state index contributed by atoms with van der Waals surface area (Å²) in [5.74, 6) is -1.70. The zero-order chi connectivity index (χ0) is 13.3. The molecule has 0 aromatic heterocycles. The fourth-order valence-corrected chi connectivity index (χ4v) is 2.52. The Bertz CT molecular complexity index is 460. The topological polar surface area (TPSA) is 40.1 Å². The molecule has 0 atom stereocenters. The van der Waals surface area contributed by atoms with Crippen LogP contribution in [0.25, 0.3) is 0 Å². The van der Waals surface area contributed by atoms with E-state index in [4.69, 9.17) is 0 Å². The van der Waals surface area contributed by atoms with Crippen molar-refractivity contribution in [2.45, 2.75) is 37.8 Å². The second-order valence-electron chi connectivity index (χ2n) is 4.57. The average Bonchev–Trinajstić information content (AvgIpc) is 2.80. The molecule has 0 saturated heterocycles. The van der Waals surface area contributed by atoms with Crippen LogP contribution in [0.1, 0.15) is 53.1 Å². The maximum Gasteiger partial charge on any atom is 0.416 e. The number of halogens is 3. The van der Waals surface area contributed by atoms with Crippen molar-refractivity contribution in [3.05, 3.63) is 34.9 Å². The van der Waals surface area contributed by atoms with E-state index in [1.54, 1.807) is 0 Å². The summed E-state index contributed by atoms with van der Waals surface area (Å²) < 4.78 is 38.8. The van der Waals surface area contributed by atoms with E-state index >= 15 is 0 Å². The minimum absolute atomic E-state index is 0.113. The zero-order valence-electron chi connectivity index (χ0n) is 9.59. The summed E-state index contributed by atoms with van der Waals surface area (Å²) >= 11 is 0. The summed E-state index contributed by atoms with van der Waals surface area (Å²) in [6.45, 7) is 0. The highest BCUT2D eigenvalue weighted by molar-refractivity contribution is 5.86. The lowest BCUT2D eigenvalue weighted by atomic mass is 9.91. The second kappa shape index (κ2) is 4.63. The van der Waals surface area contributed by atoms with E-state index < -0.39 is 23.3 Å². The van der Waals surface area contributed by atoms with Crippen molar-refractivity contribution < 1.29 is 23.1 Å². The van der Waals surface area contributed by atoms with Gasteiger partial charge < -0.3 is 9.90 Å². The second-order valence-corrected chi connectivity index (χ2v) is 4.57. The van der Waals surface area contributed by atoms with Crippen molar-refractivity contribution in [1.82, 2.24) is 0 Å². The van der Waals surface area contributed by atoms with E-state index in [0.717, 1.165) is 25.7 Å². The van der Waals surface area contributed by atoms with Crippen molar-refractivity contribution in [2.24, 2.45) is 0 Å². The molecule has 0 N–H and O–H groups in total. The van der Waals surface area contributed by atoms with Crippen molar-refractivity contribution >= 4 is 5.97 Å². The Morgan fingerprint density at radius 2 is 1.83 bits per heavy atom. The maximum absolute atomic E-state index is 12.9. The number of hydrogen-bond donors (Lipinski definition) is 0. The lowest BCUT2D eigenvalue weighted by molar-refractivity contribution is -0.255. The molecule has 0 radical (unpaired) electrons. The standard InChI is InChI=1S/C13H13F3O2/c14-13(15,16)11-7-9(12(17)18)5-6-10(11)8-3-1-2-4-8/h5-8H,1-4H2,(H,17,18)/p-1.